The quantitative estimate of drug-likeness (QED) is 0.154. The van der Waals surface area contributed by atoms with E-state index in [0.717, 1.165) is 12.8 Å². The molecule has 0 aromatic carbocycles. The Kier molecular flexibility index (Phi) is 14.3. The molecular formula is C28H46O11. The van der Waals surface area contributed by atoms with Gasteiger partial charge in [-0.15, -0.1) is 0 Å². The maximum Gasteiger partial charge on any atom is 0.330 e. The van der Waals surface area contributed by atoms with Crippen LogP contribution < -0.4 is 0 Å². The highest BCUT2D eigenvalue weighted by Crippen LogP contribution is 2.51. The monoisotopic (exact) mass is 558 g/mol. The molecule has 224 valence electrons. The molecule has 11 heteroatoms. The highest BCUT2D eigenvalue weighted by molar-refractivity contribution is 5.83. The van der Waals surface area contributed by atoms with Gasteiger partial charge >= 0.3 is 17.9 Å². The molecule has 1 rings (SSSR count). The molecule has 0 saturated carbocycles. The van der Waals surface area contributed by atoms with Gasteiger partial charge in [-0.3, -0.25) is 9.59 Å². The first-order valence-corrected chi connectivity index (χ1v) is 13.4. The average Bonchev–Trinajstić information content (AvgIpc) is 2.87. The first kappa shape index (κ1) is 34.7. The van der Waals surface area contributed by atoms with Crippen LogP contribution >= 0.6 is 0 Å². The molecule has 39 heavy (non-hydrogen) atoms. The van der Waals surface area contributed by atoms with Gasteiger partial charge in [-0.25, -0.2) is 4.79 Å². The maximum absolute atomic E-state index is 12.4. The largest absolute Gasteiger partial charge is 0.481 e. The van der Waals surface area contributed by atoms with Crippen molar-refractivity contribution in [2.45, 2.75) is 104 Å². The van der Waals surface area contributed by atoms with Gasteiger partial charge in [-0.1, -0.05) is 32.8 Å². The van der Waals surface area contributed by atoms with Crippen LogP contribution in [-0.4, -0.2) is 85.4 Å². The number of ketones is 1. The van der Waals surface area contributed by atoms with E-state index < -0.39 is 53.3 Å². The molecule has 0 aromatic rings. The van der Waals surface area contributed by atoms with Gasteiger partial charge in [0.25, 0.3) is 0 Å². The maximum atomic E-state index is 12.4. The SMILES string of the molecule is CCCCO[C@H](C)[C@H](O)C[C@@H]1C/C(=C\C(=O)OC)[C@H](CC(C)=O)[C@](OC)(C(C)(C)COC(=O)CCC(=O)O)O1. The Labute approximate surface area is 231 Å². The van der Waals surface area contributed by atoms with Crippen LogP contribution in [-0.2, 0) is 42.9 Å². The molecule has 11 nitrogen and oxygen atoms in total. The van der Waals surface area contributed by atoms with E-state index in [9.17, 15) is 24.3 Å². The van der Waals surface area contributed by atoms with Crippen LogP contribution in [0.3, 0.4) is 0 Å². The van der Waals surface area contributed by atoms with E-state index in [4.69, 9.17) is 28.8 Å². The molecule has 1 saturated heterocycles. The molecule has 2 N–H and O–H groups in total. The first-order valence-electron chi connectivity index (χ1n) is 13.4. The first-order chi connectivity index (χ1) is 18.2. The third kappa shape index (κ3) is 10.3. The summed E-state index contributed by atoms with van der Waals surface area (Å²) in [7, 11) is 2.66. The molecule has 0 aromatic heterocycles. The van der Waals surface area contributed by atoms with Gasteiger partial charge in [0.2, 0.25) is 0 Å². The fourth-order valence-corrected chi connectivity index (χ4v) is 4.80. The third-order valence-corrected chi connectivity index (χ3v) is 7.02. The second kappa shape index (κ2) is 16.1. The van der Waals surface area contributed by atoms with Gasteiger partial charge in [0.1, 0.15) is 12.4 Å². The average molecular weight is 559 g/mol. The number of carbonyl (C=O) groups excluding carboxylic acids is 3. The van der Waals surface area contributed by atoms with Crippen molar-refractivity contribution in [3.8, 4) is 0 Å². The number of carbonyl (C=O) groups is 4. The summed E-state index contributed by atoms with van der Waals surface area (Å²) in [6.45, 7) is 9.00. The number of Topliss-reactive ketones (excluding diaryl/α,β-unsaturated/α-hetero) is 1. The standard InChI is InChI=1S/C28H46O11/c1-8-9-12-37-19(3)23(30)16-21-14-20(15-26(34)35-6)22(13-18(2)29)28(36-7,39-21)27(4,5)17-38-25(33)11-10-24(31)32/h15,19,21-23,30H,8-14,16-17H2,1-7H3,(H,31,32)/b20-15+/t19-,21+,22+,23-,28-/m1/s1. The molecule has 0 bridgehead atoms. The highest BCUT2D eigenvalue weighted by Gasteiger charge is 2.58. The Balaban J connectivity index is 3.41. The number of carboxylic acids is 1. The summed E-state index contributed by atoms with van der Waals surface area (Å²) in [6.07, 6.45) is 0.817. The Morgan fingerprint density at radius 1 is 1.21 bits per heavy atom. The number of hydrogen-bond donors (Lipinski definition) is 2. The molecule has 1 fully saturated rings. The lowest BCUT2D eigenvalue weighted by molar-refractivity contribution is -0.340. The van der Waals surface area contributed by atoms with E-state index in [-0.39, 0.29) is 44.5 Å². The van der Waals surface area contributed by atoms with Crippen LogP contribution in [0.4, 0.5) is 0 Å². The molecule has 5 atom stereocenters. The van der Waals surface area contributed by atoms with E-state index >= 15 is 0 Å². The van der Waals surface area contributed by atoms with Crippen LogP contribution in [0.25, 0.3) is 0 Å². The minimum atomic E-state index is -1.56. The second-order valence-electron chi connectivity index (χ2n) is 10.7. The Morgan fingerprint density at radius 2 is 1.87 bits per heavy atom. The molecule has 0 amide bonds. The topological polar surface area (TPSA) is 155 Å². The number of unbranched alkanes of at least 4 members (excludes halogenated alkanes) is 1. The summed E-state index contributed by atoms with van der Waals surface area (Å²) in [4.78, 5) is 47.8. The molecule has 0 radical (unpaired) electrons. The van der Waals surface area contributed by atoms with E-state index in [1.54, 1.807) is 20.8 Å². The summed E-state index contributed by atoms with van der Waals surface area (Å²) in [5.74, 6) is -4.90. The van der Waals surface area contributed by atoms with Crippen molar-refractivity contribution in [2.24, 2.45) is 11.3 Å². The van der Waals surface area contributed by atoms with Gasteiger partial charge < -0.3 is 38.7 Å². The van der Waals surface area contributed by atoms with Crippen LogP contribution in [0.1, 0.15) is 79.6 Å². The summed E-state index contributed by atoms with van der Waals surface area (Å²) < 4.78 is 28.6. The lowest BCUT2D eigenvalue weighted by Gasteiger charge is -2.54. The fourth-order valence-electron chi connectivity index (χ4n) is 4.80. The van der Waals surface area contributed by atoms with E-state index in [1.807, 2.05) is 6.92 Å². The number of ether oxygens (including phenoxy) is 5. The Hall–Kier alpha value is -2.34. The smallest absolute Gasteiger partial charge is 0.330 e. The molecule has 0 spiro atoms. The van der Waals surface area contributed by atoms with Gasteiger partial charge in [-0.2, -0.15) is 0 Å². The number of carboxylic acid groups (broad SMARTS) is 1. The van der Waals surface area contributed by atoms with Crippen LogP contribution in [0.5, 0.6) is 0 Å². The van der Waals surface area contributed by atoms with Crippen molar-refractivity contribution < 1.29 is 53.1 Å². The number of aliphatic hydroxyl groups is 1. The minimum absolute atomic E-state index is 0.0289. The molecule has 1 heterocycles. The molecule has 1 aliphatic heterocycles. The number of aliphatic carboxylic acids is 1. The van der Waals surface area contributed by atoms with Crippen molar-refractivity contribution in [3.05, 3.63) is 11.6 Å². The Bertz CT molecular complexity index is 866. The third-order valence-electron chi connectivity index (χ3n) is 7.02. The minimum Gasteiger partial charge on any atom is -0.481 e. The number of rotatable bonds is 17. The van der Waals surface area contributed by atoms with Crippen molar-refractivity contribution in [1.29, 1.82) is 0 Å². The normalized spacial score (nSPS) is 24.2. The van der Waals surface area contributed by atoms with Gasteiger partial charge in [0, 0.05) is 38.6 Å². The summed E-state index contributed by atoms with van der Waals surface area (Å²) >= 11 is 0. The zero-order valence-electron chi connectivity index (χ0n) is 24.3. The summed E-state index contributed by atoms with van der Waals surface area (Å²) in [5.41, 5.74) is -0.532. The number of esters is 2. The van der Waals surface area contributed by atoms with Crippen molar-refractivity contribution in [1.82, 2.24) is 0 Å². The Morgan fingerprint density at radius 3 is 2.41 bits per heavy atom. The fraction of sp³-hybridized carbons (Fsp3) is 0.786. The lowest BCUT2D eigenvalue weighted by atomic mass is 9.68. The van der Waals surface area contributed by atoms with Crippen molar-refractivity contribution in [3.63, 3.8) is 0 Å². The molecule has 0 aliphatic carbocycles. The highest BCUT2D eigenvalue weighted by atomic mass is 16.7. The van der Waals surface area contributed by atoms with Crippen molar-refractivity contribution in [2.75, 3.05) is 27.4 Å². The predicted octanol–water partition coefficient (Wildman–Crippen LogP) is 3.20. The van der Waals surface area contributed by atoms with Gasteiger partial charge in [0.15, 0.2) is 5.79 Å². The number of aliphatic hydroxyl groups excluding tert-OH is 1. The van der Waals surface area contributed by atoms with E-state index in [1.165, 1.54) is 27.2 Å². The summed E-state index contributed by atoms with van der Waals surface area (Å²) in [6, 6.07) is 0. The molecule has 0 unspecified atom stereocenters. The van der Waals surface area contributed by atoms with E-state index in [2.05, 4.69) is 0 Å². The van der Waals surface area contributed by atoms with Gasteiger partial charge in [-0.05, 0) is 26.7 Å². The van der Waals surface area contributed by atoms with E-state index in [0.29, 0.717) is 12.2 Å². The predicted molar refractivity (Wildman–Crippen MR) is 141 cm³/mol. The lowest BCUT2D eigenvalue weighted by Crippen LogP contribution is -2.61. The van der Waals surface area contributed by atoms with Crippen LogP contribution in [0, 0.1) is 11.3 Å². The molecule has 1 aliphatic rings. The van der Waals surface area contributed by atoms with Gasteiger partial charge in [0.05, 0.1) is 43.7 Å². The second-order valence-corrected chi connectivity index (χ2v) is 10.7. The van der Waals surface area contributed by atoms with Crippen LogP contribution in [0.15, 0.2) is 11.6 Å². The molecular weight excluding hydrogens is 512 g/mol. The summed E-state index contributed by atoms with van der Waals surface area (Å²) in [5, 5.41) is 19.8. The van der Waals surface area contributed by atoms with Crippen molar-refractivity contribution >= 4 is 23.7 Å². The number of methoxy groups -OCH3 is 2. The number of hydrogen-bond acceptors (Lipinski definition) is 10. The zero-order valence-corrected chi connectivity index (χ0v) is 24.3. The van der Waals surface area contributed by atoms with Crippen LogP contribution in [0.2, 0.25) is 0 Å². The zero-order chi connectivity index (χ0) is 29.8.